The van der Waals surface area contributed by atoms with Gasteiger partial charge in [0, 0.05) is 12.4 Å². The molecule has 0 radical (unpaired) electrons. The lowest BCUT2D eigenvalue weighted by Crippen LogP contribution is -2.13. The van der Waals surface area contributed by atoms with Crippen LogP contribution in [0.1, 0.15) is 21.0 Å². The molecular formula is C14H10N4O3. The number of anilines is 1. The van der Waals surface area contributed by atoms with Crippen molar-refractivity contribution >= 4 is 23.2 Å². The molecule has 3 aromatic heterocycles. The van der Waals surface area contributed by atoms with E-state index in [0.29, 0.717) is 11.3 Å². The number of nitrogens with one attached hydrogen (secondary N) is 1. The Kier molecular flexibility index (Phi) is 3.07. The third kappa shape index (κ3) is 2.57. The van der Waals surface area contributed by atoms with E-state index in [1.54, 1.807) is 22.9 Å². The lowest BCUT2D eigenvalue weighted by molar-refractivity contribution is 0.0690. The van der Waals surface area contributed by atoms with Gasteiger partial charge in [0.05, 0.1) is 11.9 Å². The number of imidazole rings is 1. The molecule has 7 heteroatoms. The van der Waals surface area contributed by atoms with Crippen LogP contribution in [0.3, 0.4) is 0 Å². The molecule has 0 aliphatic carbocycles. The molecule has 0 fully saturated rings. The second kappa shape index (κ2) is 5.04. The average Bonchev–Trinajstić information content (AvgIpc) is 2.92. The van der Waals surface area contributed by atoms with Gasteiger partial charge in [-0.1, -0.05) is 6.07 Å². The van der Waals surface area contributed by atoms with Crippen LogP contribution >= 0.6 is 0 Å². The maximum atomic E-state index is 12.1. The van der Waals surface area contributed by atoms with Gasteiger partial charge in [-0.05, 0) is 24.3 Å². The first-order valence-corrected chi connectivity index (χ1v) is 6.08. The summed E-state index contributed by atoms with van der Waals surface area (Å²) in [5.74, 6) is -1.50. The minimum Gasteiger partial charge on any atom is -0.477 e. The molecule has 3 aromatic rings. The van der Waals surface area contributed by atoms with E-state index >= 15 is 0 Å². The van der Waals surface area contributed by atoms with Crippen molar-refractivity contribution in [3.05, 3.63) is 60.3 Å². The molecule has 21 heavy (non-hydrogen) atoms. The Morgan fingerprint density at radius 1 is 1.14 bits per heavy atom. The van der Waals surface area contributed by atoms with Gasteiger partial charge in [-0.25, -0.2) is 14.8 Å². The van der Waals surface area contributed by atoms with E-state index in [2.05, 4.69) is 15.3 Å². The summed E-state index contributed by atoms with van der Waals surface area (Å²) in [6.07, 6.45) is 4.70. The lowest BCUT2D eigenvalue weighted by atomic mass is 10.3. The largest absolute Gasteiger partial charge is 0.477 e. The van der Waals surface area contributed by atoms with Gasteiger partial charge in [0.1, 0.15) is 17.0 Å². The number of hydrogen-bond donors (Lipinski definition) is 2. The zero-order valence-corrected chi connectivity index (χ0v) is 10.7. The molecule has 0 atom stereocenters. The number of aromatic nitrogens is 3. The summed E-state index contributed by atoms with van der Waals surface area (Å²) >= 11 is 0. The number of rotatable bonds is 3. The molecular weight excluding hydrogens is 272 g/mol. The molecule has 0 unspecified atom stereocenters. The van der Waals surface area contributed by atoms with Crippen molar-refractivity contribution < 1.29 is 14.7 Å². The van der Waals surface area contributed by atoms with Crippen molar-refractivity contribution in [2.75, 3.05) is 5.32 Å². The van der Waals surface area contributed by atoms with E-state index < -0.39 is 5.97 Å². The Hall–Kier alpha value is -3.22. The second-order valence-electron chi connectivity index (χ2n) is 4.28. The summed E-state index contributed by atoms with van der Waals surface area (Å²) < 4.78 is 1.74. The summed E-state index contributed by atoms with van der Waals surface area (Å²) in [5.41, 5.74) is 1.26. The molecule has 0 aromatic carbocycles. The third-order valence-electron chi connectivity index (χ3n) is 2.84. The highest BCUT2D eigenvalue weighted by Crippen LogP contribution is 2.10. The fourth-order valence-corrected chi connectivity index (χ4v) is 1.83. The van der Waals surface area contributed by atoms with Crippen LogP contribution < -0.4 is 5.32 Å². The van der Waals surface area contributed by atoms with Gasteiger partial charge in [-0.3, -0.25) is 4.79 Å². The zero-order valence-electron chi connectivity index (χ0n) is 10.7. The Balaban J connectivity index is 1.80. The predicted molar refractivity (Wildman–Crippen MR) is 74.3 cm³/mol. The predicted octanol–water partition coefficient (Wildman–Crippen LogP) is 1.68. The number of amides is 1. The Bertz CT molecular complexity index is 791. The summed E-state index contributed by atoms with van der Waals surface area (Å²) in [6, 6.07) is 8.26. The summed E-state index contributed by atoms with van der Waals surface area (Å²) in [5, 5.41) is 11.4. The molecule has 0 aliphatic rings. The number of fused-ring (bicyclic) bond motifs is 1. The van der Waals surface area contributed by atoms with Crippen LogP contribution in [0.15, 0.2) is 48.9 Å². The van der Waals surface area contributed by atoms with Gasteiger partial charge < -0.3 is 14.8 Å². The van der Waals surface area contributed by atoms with Crippen molar-refractivity contribution in [2.24, 2.45) is 0 Å². The normalized spacial score (nSPS) is 10.5. The topological polar surface area (TPSA) is 96.6 Å². The van der Waals surface area contributed by atoms with E-state index in [4.69, 9.17) is 5.11 Å². The Morgan fingerprint density at radius 3 is 2.67 bits per heavy atom. The van der Waals surface area contributed by atoms with E-state index in [1.807, 2.05) is 12.1 Å². The average molecular weight is 282 g/mol. The highest BCUT2D eigenvalue weighted by Gasteiger charge is 2.11. The molecule has 0 bridgehead atoms. The summed E-state index contributed by atoms with van der Waals surface area (Å²) in [6.45, 7) is 0. The molecule has 0 aliphatic heterocycles. The summed E-state index contributed by atoms with van der Waals surface area (Å²) in [7, 11) is 0. The molecule has 0 saturated heterocycles. The number of carboxylic acids is 1. The number of pyridine rings is 2. The fraction of sp³-hybridized carbons (Fsp3) is 0. The molecule has 0 spiro atoms. The zero-order chi connectivity index (χ0) is 14.8. The quantitative estimate of drug-likeness (QED) is 0.761. The van der Waals surface area contributed by atoms with E-state index in [1.165, 1.54) is 18.3 Å². The molecule has 3 rings (SSSR count). The maximum absolute atomic E-state index is 12.1. The van der Waals surface area contributed by atoms with Gasteiger partial charge in [0.25, 0.3) is 5.91 Å². The first kappa shape index (κ1) is 12.8. The number of carboxylic acid groups (broad SMARTS) is 1. The first-order chi connectivity index (χ1) is 10.1. The summed E-state index contributed by atoms with van der Waals surface area (Å²) in [4.78, 5) is 30.7. The van der Waals surface area contributed by atoms with E-state index in [0.717, 1.165) is 0 Å². The van der Waals surface area contributed by atoms with Crippen molar-refractivity contribution in [2.45, 2.75) is 0 Å². The van der Waals surface area contributed by atoms with Gasteiger partial charge in [-0.15, -0.1) is 0 Å². The van der Waals surface area contributed by atoms with Crippen molar-refractivity contribution in [3.63, 3.8) is 0 Å². The van der Waals surface area contributed by atoms with Crippen LogP contribution in [0.4, 0.5) is 5.69 Å². The van der Waals surface area contributed by atoms with Gasteiger partial charge in [0.15, 0.2) is 0 Å². The minimum absolute atomic E-state index is 0.0827. The van der Waals surface area contributed by atoms with Crippen molar-refractivity contribution in [1.29, 1.82) is 0 Å². The monoisotopic (exact) mass is 282 g/mol. The smallest absolute Gasteiger partial charge is 0.354 e. The minimum atomic E-state index is -1.12. The van der Waals surface area contributed by atoms with E-state index in [-0.39, 0.29) is 17.3 Å². The fourth-order valence-electron chi connectivity index (χ4n) is 1.83. The molecule has 2 N–H and O–H groups in total. The number of nitrogens with zero attached hydrogens (tertiary/aromatic N) is 3. The lowest BCUT2D eigenvalue weighted by Gasteiger charge is -2.02. The third-order valence-corrected chi connectivity index (χ3v) is 2.84. The highest BCUT2D eigenvalue weighted by atomic mass is 16.4. The van der Waals surface area contributed by atoms with Crippen molar-refractivity contribution in [3.8, 4) is 0 Å². The number of aromatic carboxylic acids is 1. The standard InChI is InChI=1S/C14H10N4O3/c19-13(11-8-18-6-2-1-3-12(18)17-11)16-9-4-5-10(14(20)21)15-7-9/h1-8H,(H,16,19)(H,20,21). The van der Waals surface area contributed by atoms with Gasteiger partial charge in [-0.2, -0.15) is 0 Å². The molecule has 3 heterocycles. The number of carbonyl (C=O) groups excluding carboxylic acids is 1. The molecule has 1 amide bonds. The number of carbonyl (C=O) groups is 2. The molecule has 7 nitrogen and oxygen atoms in total. The van der Waals surface area contributed by atoms with Crippen LogP contribution in [0.2, 0.25) is 0 Å². The first-order valence-electron chi connectivity index (χ1n) is 6.08. The van der Waals surface area contributed by atoms with Crippen LogP contribution in [-0.2, 0) is 0 Å². The van der Waals surface area contributed by atoms with E-state index in [9.17, 15) is 9.59 Å². The Morgan fingerprint density at radius 2 is 2.00 bits per heavy atom. The number of hydrogen-bond acceptors (Lipinski definition) is 4. The molecule has 0 saturated carbocycles. The SMILES string of the molecule is O=C(O)c1ccc(NC(=O)c2cn3ccccc3n2)cn1. The Labute approximate surface area is 118 Å². The molecule has 104 valence electrons. The van der Waals surface area contributed by atoms with Gasteiger partial charge in [0.2, 0.25) is 0 Å². The van der Waals surface area contributed by atoms with Crippen LogP contribution in [0, 0.1) is 0 Å². The van der Waals surface area contributed by atoms with Crippen LogP contribution in [0.5, 0.6) is 0 Å². The second-order valence-corrected chi connectivity index (χ2v) is 4.28. The van der Waals surface area contributed by atoms with Crippen molar-refractivity contribution in [1.82, 2.24) is 14.4 Å². The van der Waals surface area contributed by atoms with Crippen LogP contribution in [0.25, 0.3) is 5.65 Å². The maximum Gasteiger partial charge on any atom is 0.354 e. The van der Waals surface area contributed by atoms with Gasteiger partial charge >= 0.3 is 5.97 Å². The van der Waals surface area contributed by atoms with Crippen LogP contribution in [-0.4, -0.2) is 31.4 Å². The highest BCUT2D eigenvalue weighted by molar-refractivity contribution is 6.03.